The Hall–Kier alpha value is -1.93. The first-order chi connectivity index (χ1) is 10.8. The van der Waals surface area contributed by atoms with Crippen LogP contribution in [-0.4, -0.2) is 7.11 Å². The highest BCUT2D eigenvalue weighted by atomic mass is 35.5. The van der Waals surface area contributed by atoms with Crippen molar-refractivity contribution in [3.63, 3.8) is 0 Å². The summed E-state index contributed by atoms with van der Waals surface area (Å²) in [6.45, 7) is 0. The van der Waals surface area contributed by atoms with E-state index in [1.165, 1.54) is 11.1 Å². The molecule has 1 heterocycles. The van der Waals surface area contributed by atoms with Crippen LogP contribution in [0.15, 0.2) is 54.6 Å². The zero-order chi connectivity index (χ0) is 15.1. The Labute approximate surface area is 135 Å². The smallest absolute Gasteiger partial charge is 0.142 e. The van der Waals surface area contributed by atoms with Gasteiger partial charge in [-0.2, -0.15) is 0 Å². The standard InChI is InChI=1S/C19H18ClNO/c1-22-17-11-5-9-14-12-7-4-8-13(12)18(21-19(14)17)15-6-2-3-10-16(15)20/h2-7,9-13,18,21H,8H2,1H3/t12-,13-,18-/m0/s1. The van der Waals surface area contributed by atoms with E-state index in [1.807, 2.05) is 18.2 Å². The number of anilines is 1. The van der Waals surface area contributed by atoms with E-state index in [0.717, 1.165) is 22.9 Å². The zero-order valence-electron chi connectivity index (χ0n) is 12.4. The summed E-state index contributed by atoms with van der Waals surface area (Å²) < 4.78 is 5.56. The molecule has 0 amide bonds. The van der Waals surface area contributed by atoms with Crippen molar-refractivity contribution in [3.05, 3.63) is 70.8 Å². The number of methoxy groups -OCH3 is 1. The number of rotatable bonds is 2. The van der Waals surface area contributed by atoms with Crippen LogP contribution in [0.3, 0.4) is 0 Å². The predicted octanol–water partition coefficient (Wildman–Crippen LogP) is 5.18. The molecule has 0 bridgehead atoms. The van der Waals surface area contributed by atoms with E-state index < -0.39 is 0 Å². The lowest BCUT2D eigenvalue weighted by Gasteiger charge is -2.38. The molecule has 0 saturated carbocycles. The van der Waals surface area contributed by atoms with Crippen LogP contribution < -0.4 is 10.1 Å². The van der Waals surface area contributed by atoms with Crippen molar-refractivity contribution in [2.75, 3.05) is 12.4 Å². The van der Waals surface area contributed by atoms with Gasteiger partial charge < -0.3 is 10.1 Å². The van der Waals surface area contributed by atoms with Gasteiger partial charge in [-0.05, 0) is 35.6 Å². The van der Waals surface area contributed by atoms with E-state index in [2.05, 4.69) is 41.7 Å². The van der Waals surface area contributed by atoms with Gasteiger partial charge >= 0.3 is 0 Å². The Kier molecular flexibility index (Phi) is 3.34. The number of nitrogens with one attached hydrogen (secondary N) is 1. The van der Waals surface area contributed by atoms with Crippen molar-refractivity contribution in [3.8, 4) is 5.75 Å². The number of para-hydroxylation sites is 1. The second-order valence-corrected chi connectivity index (χ2v) is 6.33. The topological polar surface area (TPSA) is 21.3 Å². The van der Waals surface area contributed by atoms with E-state index >= 15 is 0 Å². The molecule has 0 aromatic heterocycles. The van der Waals surface area contributed by atoms with Gasteiger partial charge in [0.15, 0.2) is 0 Å². The maximum atomic E-state index is 6.46. The van der Waals surface area contributed by atoms with Gasteiger partial charge in [0, 0.05) is 10.9 Å². The molecule has 0 fully saturated rings. The van der Waals surface area contributed by atoms with Crippen molar-refractivity contribution < 1.29 is 4.74 Å². The number of allylic oxidation sites excluding steroid dienone is 2. The summed E-state index contributed by atoms with van der Waals surface area (Å²) in [6, 6.07) is 14.6. The van der Waals surface area contributed by atoms with E-state index in [0.29, 0.717) is 11.8 Å². The van der Waals surface area contributed by atoms with Crippen LogP contribution >= 0.6 is 11.6 Å². The highest BCUT2D eigenvalue weighted by Gasteiger charge is 2.39. The molecule has 0 radical (unpaired) electrons. The van der Waals surface area contributed by atoms with Gasteiger partial charge in [0.2, 0.25) is 0 Å². The van der Waals surface area contributed by atoms with Crippen molar-refractivity contribution in [1.82, 2.24) is 0 Å². The molecule has 3 heteroatoms. The minimum Gasteiger partial charge on any atom is -0.495 e. The van der Waals surface area contributed by atoms with Crippen LogP contribution in [0.2, 0.25) is 5.02 Å². The molecule has 2 aromatic carbocycles. The SMILES string of the molecule is COc1cccc2c1N[C@H](c1ccccc1Cl)[C@H]1CC=C[C@H]21. The van der Waals surface area contributed by atoms with E-state index in [1.54, 1.807) is 7.11 Å². The summed E-state index contributed by atoms with van der Waals surface area (Å²) in [4.78, 5) is 0. The summed E-state index contributed by atoms with van der Waals surface area (Å²) in [5.74, 6) is 1.82. The van der Waals surface area contributed by atoms with Crippen LogP contribution in [0, 0.1) is 5.92 Å². The van der Waals surface area contributed by atoms with Gasteiger partial charge in [-0.1, -0.05) is 54.1 Å². The Morgan fingerprint density at radius 2 is 1.91 bits per heavy atom. The zero-order valence-corrected chi connectivity index (χ0v) is 13.2. The Morgan fingerprint density at radius 1 is 1.09 bits per heavy atom. The highest BCUT2D eigenvalue weighted by molar-refractivity contribution is 6.31. The lowest BCUT2D eigenvalue weighted by atomic mass is 9.77. The molecule has 0 unspecified atom stereocenters. The molecule has 1 aliphatic carbocycles. The summed E-state index contributed by atoms with van der Waals surface area (Å²) >= 11 is 6.46. The highest BCUT2D eigenvalue weighted by Crippen LogP contribution is 2.52. The number of halogens is 1. The molecule has 2 nitrogen and oxygen atoms in total. The fourth-order valence-corrected chi connectivity index (χ4v) is 4.05. The Balaban J connectivity index is 1.85. The van der Waals surface area contributed by atoms with Crippen molar-refractivity contribution in [2.45, 2.75) is 18.4 Å². The van der Waals surface area contributed by atoms with Crippen molar-refractivity contribution >= 4 is 17.3 Å². The average molecular weight is 312 g/mol. The summed E-state index contributed by atoms with van der Waals surface area (Å²) in [6.07, 6.45) is 5.69. The number of hydrogen-bond donors (Lipinski definition) is 1. The lowest BCUT2D eigenvalue weighted by Crippen LogP contribution is -2.29. The number of fused-ring (bicyclic) bond motifs is 3. The minimum atomic E-state index is 0.206. The molecule has 0 spiro atoms. The number of benzene rings is 2. The average Bonchev–Trinajstić information content (AvgIpc) is 3.04. The lowest BCUT2D eigenvalue weighted by molar-refractivity contribution is 0.397. The second-order valence-electron chi connectivity index (χ2n) is 5.92. The first-order valence-corrected chi connectivity index (χ1v) is 8.02. The second kappa shape index (κ2) is 5.36. The molecule has 2 aliphatic rings. The maximum absolute atomic E-state index is 6.46. The quantitative estimate of drug-likeness (QED) is 0.772. The molecule has 3 atom stereocenters. The third-order valence-corrected chi connectivity index (χ3v) is 5.16. The van der Waals surface area contributed by atoms with Crippen LogP contribution in [0.25, 0.3) is 0 Å². The Morgan fingerprint density at radius 3 is 2.73 bits per heavy atom. The van der Waals surface area contributed by atoms with Gasteiger partial charge in [-0.25, -0.2) is 0 Å². The van der Waals surface area contributed by atoms with Crippen LogP contribution in [0.5, 0.6) is 5.75 Å². The van der Waals surface area contributed by atoms with Crippen LogP contribution in [-0.2, 0) is 0 Å². The fourth-order valence-electron chi connectivity index (χ4n) is 3.80. The van der Waals surface area contributed by atoms with Gasteiger partial charge in [0.1, 0.15) is 5.75 Å². The molecule has 1 N–H and O–H groups in total. The molecule has 2 aromatic rings. The van der Waals surface area contributed by atoms with E-state index in [4.69, 9.17) is 16.3 Å². The van der Waals surface area contributed by atoms with Crippen molar-refractivity contribution in [1.29, 1.82) is 0 Å². The molecule has 1 aliphatic heterocycles. The van der Waals surface area contributed by atoms with E-state index in [9.17, 15) is 0 Å². The third-order valence-electron chi connectivity index (χ3n) is 4.82. The molecule has 0 saturated heterocycles. The summed E-state index contributed by atoms with van der Waals surface area (Å²) in [5, 5.41) is 4.52. The van der Waals surface area contributed by atoms with E-state index in [-0.39, 0.29) is 6.04 Å². The van der Waals surface area contributed by atoms with Gasteiger partial charge in [-0.3, -0.25) is 0 Å². The third kappa shape index (κ3) is 2.02. The van der Waals surface area contributed by atoms with Gasteiger partial charge in [0.05, 0.1) is 18.8 Å². The molecular formula is C19H18ClNO. The van der Waals surface area contributed by atoms with Crippen molar-refractivity contribution in [2.24, 2.45) is 5.92 Å². The Bertz CT molecular complexity index is 740. The molecule has 22 heavy (non-hydrogen) atoms. The maximum Gasteiger partial charge on any atom is 0.142 e. The normalized spacial score (nSPS) is 25.3. The summed E-state index contributed by atoms with van der Waals surface area (Å²) in [7, 11) is 1.72. The van der Waals surface area contributed by atoms with Gasteiger partial charge in [-0.15, -0.1) is 0 Å². The number of hydrogen-bond acceptors (Lipinski definition) is 2. The largest absolute Gasteiger partial charge is 0.495 e. The molecular weight excluding hydrogens is 294 g/mol. The predicted molar refractivity (Wildman–Crippen MR) is 90.8 cm³/mol. The van der Waals surface area contributed by atoms with Crippen LogP contribution in [0.1, 0.15) is 29.5 Å². The first-order valence-electron chi connectivity index (χ1n) is 7.64. The summed E-state index contributed by atoms with van der Waals surface area (Å²) in [5.41, 5.74) is 3.59. The monoisotopic (exact) mass is 311 g/mol. The fraction of sp³-hybridized carbons (Fsp3) is 0.263. The van der Waals surface area contributed by atoms with Gasteiger partial charge in [0.25, 0.3) is 0 Å². The minimum absolute atomic E-state index is 0.206. The van der Waals surface area contributed by atoms with Crippen LogP contribution in [0.4, 0.5) is 5.69 Å². The first kappa shape index (κ1) is 13.7. The molecule has 112 valence electrons. The molecule has 4 rings (SSSR count). The number of ether oxygens (including phenoxy) is 1.